The van der Waals surface area contributed by atoms with Crippen LogP contribution < -0.4 is 0 Å². The maximum absolute atomic E-state index is 5.04. The summed E-state index contributed by atoms with van der Waals surface area (Å²) in [4.78, 5) is 10.0. The van der Waals surface area contributed by atoms with E-state index in [1.54, 1.807) is 0 Å². The SMILES string of the molecule is CCCCCCCCCCCC/C=C/C(=Nc1ccccc1)C(C#CCCCCCCCCCCCCCCCCC)=Nc1ccccc1.[Ni]. The average Bonchev–Trinajstić information content (AvgIpc) is 3.13. The second-order valence-electron chi connectivity index (χ2n) is 14.0. The number of hydrogen-bond donors (Lipinski definition) is 0. The first-order chi connectivity index (χ1) is 24.3. The first-order valence-corrected chi connectivity index (χ1v) is 20.8. The summed E-state index contributed by atoms with van der Waals surface area (Å²) >= 11 is 0. The van der Waals surface area contributed by atoms with E-state index >= 15 is 0 Å². The van der Waals surface area contributed by atoms with Gasteiger partial charge >= 0.3 is 0 Å². The van der Waals surface area contributed by atoms with E-state index in [9.17, 15) is 0 Å². The number of allylic oxidation sites excluding steroid dienone is 2. The van der Waals surface area contributed by atoms with Crippen molar-refractivity contribution in [3.05, 3.63) is 72.8 Å². The van der Waals surface area contributed by atoms with Crippen LogP contribution in [0.25, 0.3) is 0 Å². The van der Waals surface area contributed by atoms with Crippen LogP contribution in [0.15, 0.2) is 82.8 Å². The summed E-state index contributed by atoms with van der Waals surface area (Å²) in [5.41, 5.74) is 3.47. The molecule has 280 valence electrons. The fourth-order valence-electron chi connectivity index (χ4n) is 6.27. The Hall–Kier alpha value is -2.43. The number of unbranched alkanes of at least 4 members (excludes halogenated alkanes) is 25. The van der Waals surface area contributed by atoms with E-state index < -0.39 is 0 Å². The standard InChI is InChI=1S/C47H72N2.Ni/c1-3-5-7-9-11-13-15-17-18-19-20-21-23-25-27-29-37-43-47(49-45-40-34-31-35-41-45)46(48-44-38-32-30-33-39-44)42-36-28-26-24-22-16-14-12-10-8-6-4-2;/h30-36,38-42H,3-29H2,1-2H3;/b42-36+,48-46?,49-47?;. The molecule has 0 radical (unpaired) electrons. The summed E-state index contributed by atoms with van der Waals surface area (Å²) in [5, 5.41) is 0. The van der Waals surface area contributed by atoms with Crippen LogP contribution in [-0.4, -0.2) is 11.4 Å². The van der Waals surface area contributed by atoms with Gasteiger partial charge in [-0.05, 0) is 55.5 Å². The van der Waals surface area contributed by atoms with Crippen LogP contribution in [0.2, 0.25) is 0 Å². The van der Waals surface area contributed by atoms with E-state index in [2.05, 4.69) is 50.0 Å². The maximum Gasteiger partial charge on any atom is 0.139 e. The van der Waals surface area contributed by atoms with Crippen molar-refractivity contribution < 1.29 is 16.5 Å². The molecule has 0 bridgehead atoms. The third kappa shape index (κ3) is 26.4. The molecule has 0 aliphatic rings. The predicted molar refractivity (Wildman–Crippen MR) is 220 cm³/mol. The Morgan fingerprint density at radius 2 is 0.860 bits per heavy atom. The number of aliphatic imine (C=N–C) groups is 2. The van der Waals surface area contributed by atoms with E-state index in [0.717, 1.165) is 42.1 Å². The van der Waals surface area contributed by atoms with Crippen molar-refractivity contribution in [3.63, 3.8) is 0 Å². The second-order valence-corrected chi connectivity index (χ2v) is 14.0. The van der Waals surface area contributed by atoms with Gasteiger partial charge in [-0.2, -0.15) is 0 Å². The van der Waals surface area contributed by atoms with E-state index in [-0.39, 0.29) is 16.5 Å². The molecular formula is C47H72N2Ni. The molecule has 0 aliphatic heterocycles. The molecule has 0 saturated heterocycles. The monoisotopic (exact) mass is 723 g/mol. The van der Waals surface area contributed by atoms with Gasteiger partial charge in [0.15, 0.2) is 0 Å². The summed E-state index contributed by atoms with van der Waals surface area (Å²) in [5.74, 6) is 6.92. The fraction of sp³-hybridized carbons (Fsp3) is 0.617. The quantitative estimate of drug-likeness (QED) is 0.0332. The Balaban J connectivity index is 0.0000125. The van der Waals surface area contributed by atoms with Crippen LogP contribution in [0.3, 0.4) is 0 Å². The van der Waals surface area contributed by atoms with Crippen molar-refractivity contribution in [3.8, 4) is 11.8 Å². The number of benzene rings is 2. The first-order valence-electron chi connectivity index (χ1n) is 20.8. The minimum Gasteiger partial charge on any atom is -0.246 e. The Morgan fingerprint density at radius 1 is 0.480 bits per heavy atom. The summed E-state index contributed by atoms with van der Waals surface area (Å²) in [6, 6.07) is 20.4. The molecule has 0 N–H and O–H groups in total. The van der Waals surface area contributed by atoms with E-state index in [1.165, 1.54) is 154 Å². The van der Waals surface area contributed by atoms with Gasteiger partial charge in [-0.1, -0.05) is 210 Å². The number of para-hydroxylation sites is 2. The molecular weight excluding hydrogens is 651 g/mol. The minimum atomic E-state index is 0. The van der Waals surface area contributed by atoms with Gasteiger partial charge in [0.1, 0.15) is 5.71 Å². The van der Waals surface area contributed by atoms with Crippen LogP contribution in [0.5, 0.6) is 0 Å². The van der Waals surface area contributed by atoms with Crippen LogP contribution in [-0.2, 0) is 16.5 Å². The Labute approximate surface area is 319 Å². The molecule has 2 rings (SSSR count). The number of nitrogens with zero attached hydrogens (tertiary/aromatic N) is 2. The summed E-state index contributed by atoms with van der Waals surface area (Å²) < 4.78 is 0. The van der Waals surface area contributed by atoms with E-state index in [1.807, 2.05) is 48.5 Å². The molecule has 2 aromatic rings. The van der Waals surface area contributed by atoms with Crippen molar-refractivity contribution in [2.24, 2.45) is 9.98 Å². The summed E-state index contributed by atoms with van der Waals surface area (Å²) in [6.07, 6.45) is 40.7. The zero-order valence-corrected chi connectivity index (χ0v) is 33.2. The van der Waals surface area contributed by atoms with Gasteiger partial charge in [0, 0.05) is 22.9 Å². The first kappa shape index (κ1) is 45.6. The van der Waals surface area contributed by atoms with E-state index in [0.29, 0.717) is 0 Å². The van der Waals surface area contributed by atoms with Gasteiger partial charge in [0.05, 0.1) is 17.1 Å². The second kappa shape index (κ2) is 35.0. The molecule has 0 fully saturated rings. The topological polar surface area (TPSA) is 24.7 Å². The van der Waals surface area contributed by atoms with Gasteiger partial charge in [0.2, 0.25) is 0 Å². The third-order valence-corrected chi connectivity index (χ3v) is 9.36. The molecule has 0 unspecified atom stereocenters. The van der Waals surface area contributed by atoms with Crippen LogP contribution in [0.1, 0.15) is 187 Å². The molecule has 0 spiro atoms. The summed E-state index contributed by atoms with van der Waals surface area (Å²) in [6.45, 7) is 4.59. The van der Waals surface area contributed by atoms with Gasteiger partial charge in [-0.15, -0.1) is 0 Å². The van der Waals surface area contributed by atoms with Crippen molar-refractivity contribution in [1.29, 1.82) is 0 Å². The van der Waals surface area contributed by atoms with Crippen molar-refractivity contribution in [2.45, 2.75) is 187 Å². The molecule has 0 atom stereocenters. The van der Waals surface area contributed by atoms with Crippen molar-refractivity contribution >= 4 is 22.8 Å². The minimum absolute atomic E-state index is 0. The van der Waals surface area contributed by atoms with Crippen molar-refractivity contribution in [1.82, 2.24) is 0 Å². The normalized spacial score (nSPS) is 11.8. The zero-order valence-electron chi connectivity index (χ0n) is 32.2. The molecule has 0 amide bonds. The fourth-order valence-corrected chi connectivity index (χ4v) is 6.27. The predicted octanol–water partition coefficient (Wildman–Crippen LogP) is 15.7. The van der Waals surface area contributed by atoms with Crippen LogP contribution in [0.4, 0.5) is 11.4 Å². The average molecular weight is 724 g/mol. The van der Waals surface area contributed by atoms with Gasteiger partial charge in [-0.3, -0.25) is 0 Å². The Morgan fingerprint density at radius 3 is 1.30 bits per heavy atom. The largest absolute Gasteiger partial charge is 0.246 e. The van der Waals surface area contributed by atoms with Crippen LogP contribution in [0, 0.1) is 11.8 Å². The van der Waals surface area contributed by atoms with E-state index in [4.69, 9.17) is 9.98 Å². The Bertz CT molecular complexity index is 1170. The van der Waals surface area contributed by atoms with Gasteiger partial charge in [0.25, 0.3) is 0 Å². The smallest absolute Gasteiger partial charge is 0.139 e. The molecule has 2 nitrogen and oxygen atoms in total. The van der Waals surface area contributed by atoms with Gasteiger partial charge < -0.3 is 0 Å². The molecule has 0 aliphatic carbocycles. The number of rotatable bonds is 30. The summed E-state index contributed by atoms with van der Waals surface area (Å²) in [7, 11) is 0. The van der Waals surface area contributed by atoms with Gasteiger partial charge in [-0.25, -0.2) is 9.98 Å². The molecule has 0 heterocycles. The molecule has 50 heavy (non-hydrogen) atoms. The number of hydrogen-bond acceptors (Lipinski definition) is 2. The molecule has 3 heteroatoms. The molecule has 0 saturated carbocycles. The molecule has 0 aromatic heterocycles. The zero-order chi connectivity index (χ0) is 34.7. The Kier molecular flexibility index (Phi) is 31.9. The van der Waals surface area contributed by atoms with Crippen LogP contribution >= 0.6 is 0 Å². The van der Waals surface area contributed by atoms with Crippen molar-refractivity contribution in [2.75, 3.05) is 0 Å². The molecule has 2 aromatic carbocycles. The third-order valence-electron chi connectivity index (χ3n) is 9.36. The maximum atomic E-state index is 5.04.